The number of ether oxygens (including phenoxy) is 3. The van der Waals surface area contributed by atoms with Crippen molar-refractivity contribution in [3.8, 4) is 22.8 Å². The Morgan fingerprint density at radius 2 is 1.90 bits per heavy atom. The second kappa shape index (κ2) is 6.90. The van der Waals surface area contributed by atoms with Gasteiger partial charge < -0.3 is 19.9 Å². The molecule has 2 N–H and O–H groups in total. The summed E-state index contributed by atoms with van der Waals surface area (Å²) in [7, 11) is 3.21. The maximum atomic E-state index is 5.84. The minimum absolute atomic E-state index is 0.326. The molecule has 0 radical (unpaired) electrons. The lowest BCUT2D eigenvalue weighted by atomic mass is 10.1. The summed E-state index contributed by atoms with van der Waals surface area (Å²) < 4.78 is 15.9. The van der Waals surface area contributed by atoms with E-state index in [4.69, 9.17) is 19.9 Å². The largest absolute Gasteiger partial charge is 0.497 e. The van der Waals surface area contributed by atoms with Gasteiger partial charge in [-0.3, -0.25) is 0 Å². The van der Waals surface area contributed by atoms with Crippen molar-refractivity contribution in [3.63, 3.8) is 0 Å². The van der Waals surface area contributed by atoms with Crippen LogP contribution in [0, 0.1) is 0 Å². The smallest absolute Gasteiger partial charge is 0.157 e. The second-order valence-corrected chi connectivity index (χ2v) is 4.30. The monoisotopic (exact) mass is 289 g/mol. The maximum Gasteiger partial charge on any atom is 0.157 e. The van der Waals surface area contributed by atoms with E-state index in [0.717, 1.165) is 5.56 Å². The fraction of sp³-hybridized carbons (Fsp3) is 0.333. The first-order chi connectivity index (χ1) is 10.2. The number of hydrogen-bond donors (Lipinski definition) is 1. The Bertz CT molecular complexity index is 617. The average Bonchev–Trinajstić information content (AvgIpc) is 2.51. The van der Waals surface area contributed by atoms with Gasteiger partial charge in [-0.15, -0.1) is 0 Å². The van der Waals surface area contributed by atoms with E-state index in [1.807, 2.05) is 19.1 Å². The van der Waals surface area contributed by atoms with Crippen LogP contribution >= 0.6 is 0 Å². The predicted octanol–water partition coefficient (Wildman–Crippen LogP) is 2.28. The molecule has 2 aromatic rings. The Kier molecular flexibility index (Phi) is 4.94. The number of nitrogen functional groups attached to an aromatic ring is 1. The molecule has 1 aromatic carbocycles. The highest BCUT2D eigenvalue weighted by Crippen LogP contribution is 2.32. The van der Waals surface area contributed by atoms with Crippen molar-refractivity contribution < 1.29 is 14.2 Å². The second-order valence-electron chi connectivity index (χ2n) is 4.30. The Hall–Kier alpha value is -2.34. The summed E-state index contributed by atoms with van der Waals surface area (Å²) in [6, 6.07) is 7.23. The van der Waals surface area contributed by atoms with Crippen LogP contribution in [0.4, 0.5) is 5.82 Å². The molecule has 0 unspecified atom stereocenters. The summed E-state index contributed by atoms with van der Waals surface area (Å²) in [4.78, 5) is 8.63. The summed E-state index contributed by atoms with van der Waals surface area (Å²) in [5.74, 6) is 2.32. The highest BCUT2D eigenvalue weighted by atomic mass is 16.5. The number of benzene rings is 1. The van der Waals surface area contributed by atoms with Crippen LogP contribution in [-0.2, 0) is 11.3 Å². The molecular weight excluding hydrogens is 270 g/mol. The van der Waals surface area contributed by atoms with Crippen molar-refractivity contribution in [2.75, 3.05) is 26.6 Å². The lowest BCUT2D eigenvalue weighted by Gasteiger charge is -2.11. The molecule has 0 bridgehead atoms. The molecule has 0 fully saturated rings. The zero-order valence-electron chi connectivity index (χ0n) is 12.4. The zero-order chi connectivity index (χ0) is 15.2. The van der Waals surface area contributed by atoms with Gasteiger partial charge in [-0.2, -0.15) is 0 Å². The van der Waals surface area contributed by atoms with Gasteiger partial charge in [-0.25, -0.2) is 9.97 Å². The van der Waals surface area contributed by atoms with E-state index in [2.05, 4.69) is 9.97 Å². The topological polar surface area (TPSA) is 79.5 Å². The number of anilines is 1. The SMILES string of the molecule is CCOCc1nc(N)cc(-c2ccc(OC)cc2OC)n1. The molecule has 0 atom stereocenters. The first-order valence-corrected chi connectivity index (χ1v) is 6.61. The molecule has 21 heavy (non-hydrogen) atoms. The van der Waals surface area contributed by atoms with Crippen molar-refractivity contribution in [2.45, 2.75) is 13.5 Å². The Labute approximate surface area is 123 Å². The number of aromatic nitrogens is 2. The normalized spacial score (nSPS) is 10.4. The highest BCUT2D eigenvalue weighted by Gasteiger charge is 2.11. The van der Waals surface area contributed by atoms with E-state index in [-0.39, 0.29) is 0 Å². The molecule has 0 saturated carbocycles. The van der Waals surface area contributed by atoms with Crippen molar-refractivity contribution in [3.05, 3.63) is 30.1 Å². The van der Waals surface area contributed by atoms with E-state index in [1.54, 1.807) is 26.4 Å². The molecule has 0 aliphatic heterocycles. The van der Waals surface area contributed by atoms with Crippen LogP contribution in [0.15, 0.2) is 24.3 Å². The fourth-order valence-corrected chi connectivity index (χ4v) is 1.92. The fourth-order valence-electron chi connectivity index (χ4n) is 1.92. The number of methoxy groups -OCH3 is 2. The Morgan fingerprint density at radius 1 is 1.10 bits per heavy atom. The minimum Gasteiger partial charge on any atom is -0.497 e. The lowest BCUT2D eigenvalue weighted by Crippen LogP contribution is -2.04. The first-order valence-electron chi connectivity index (χ1n) is 6.61. The molecular formula is C15H19N3O3. The molecule has 0 spiro atoms. The van der Waals surface area contributed by atoms with Crippen LogP contribution in [0.25, 0.3) is 11.3 Å². The van der Waals surface area contributed by atoms with E-state index < -0.39 is 0 Å². The molecule has 1 aromatic heterocycles. The summed E-state index contributed by atoms with van der Waals surface area (Å²) >= 11 is 0. The molecule has 0 aliphatic carbocycles. The van der Waals surface area contributed by atoms with Crippen LogP contribution in [0.1, 0.15) is 12.7 Å². The molecule has 0 amide bonds. The zero-order valence-corrected chi connectivity index (χ0v) is 12.4. The van der Waals surface area contributed by atoms with E-state index >= 15 is 0 Å². The van der Waals surface area contributed by atoms with Crippen molar-refractivity contribution in [1.82, 2.24) is 9.97 Å². The van der Waals surface area contributed by atoms with Gasteiger partial charge in [0.2, 0.25) is 0 Å². The van der Waals surface area contributed by atoms with Crippen molar-refractivity contribution in [1.29, 1.82) is 0 Å². The van der Waals surface area contributed by atoms with E-state index in [1.165, 1.54) is 0 Å². The molecule has 0 saturated heterocycles. The predicted molar refractivity (Wildman–Crippen MR) is 80.3 cm³/mol. The van der Waals surface area contributed by atoms with Gasteiger partial charge in [0.1, 0.15) is 23.9 Å². The molecule has 1 heterocycles. The summed E-state index contributed by atoms with van der Waals surface area (Å²) in [5.41, 5.74) is 7.36. The van der Waals surface area contributed by atoms with E-state index in [0.29, 0.717) is 42.0 Å². The number of rotatable bonds is 6. The van der Waals surface area contributed by atoms with Crippen LogP contribution in [0.3, 0.4) is 0 Å². The molecule has 6 nitrogen and oxygen atoms in total. The Balaban J connectivity index is 2.43. The van der Waals surface area contributed by atoms with Gasteiger partial charge in [0.25, 0.3) is 0 Å². The molecule has 112 valence electrons. The van der Waals surface area contributed by atoms with Gasteiger partial charge in [0.05, 0.1) is 19.9 Å². The van der Waals surface area contributed by atoms with Crippen LogP contribution in [-0.4, -0.2) is 30.8 Å². The highest BCUT2D eigenvalue weighted by molar-refractivity contribution is 5.70. The molecule has 2 rings (SSSR count). The summed E-state index contributed by atoms with van der Waals surface area (Å²) in [5, 5.41) is 0. The van der Waals surface area contributed by atoms with Crippen LogP contribution < -0.4 is 15.2 Å². The third-order valence-corrected chi connectivity index (χ3v) is 2.91. The van der Waals surface area contributed by atoms with Crippen LogP contribution in [0.2, 0.25) is 0 Å². The van der Waals surface area contributed by atoms with Gasteiger partial charge in [-0.1, -0.05) is 0 Å². The third-order valence-electron chi connectivity index (χ3n) is 2.91. The number of nitrogens with two attached hydrogens (primary N) is 1. The number of nitrogens with zero attached hydrogens (tertiary/aromatic N) is 2. The van der Waals surface area contributed by atoms with Crippen molar-refractivity contribution in [2.24, 2.45) is 0 Å². The van der Waals surface area contributed by atoms with Gasteiger partial charge >= 0.3 is 0 Å². The Morgan fingerprint density at radius 3 is 2.57 bits per heavy atom. The summed E-state index contributed by atoms with van der Waals surface area (Å²) in [6.45, 7) is 2.84. The number of hydrogen-bond acceptors (Lipinski definition) is 6. The third kappa shape index (κ3) is 3.61. The molecule has 0 aliphatic rings. The standard InChI is InChI=1S/C15H19N3O3/c1-4-21-9-15-17-12(8-14(16)18-15)11-6-5-10(19-2)7-13(11)20-3/h5-8H,4,9H2,1-3H3,(H2,16,17,18). The van der Waals surface area contributed by atoms with Crippen LogP contribution in [0.5, 0.6) is 11.5 Å². The van der Waals surface area contributed by atoms with Gasteiger partial charge in [0.15, 0.2) is 5.82 Å². The minimum atomic E-state index is 0.326. The average molecular weight is 289 g/mol. The lowest BCUT2D eigenvalue weighted by molar-refractivity contribution is 0.128. The first kappa shape index (κ1) is 15.1. The van der Waals surface area contributed by atoms with Gasteiger partial charge in [-0.05, 0) is 19.1 Å². The maximum absolute atomic E-state index is 5.84. The van der Waals surface area contributed by atoms with Crippen molar-refractivity contribution >= 4 is 5.82 Å². The summed E-state index contributed by atoms with van der Waals surface area (Å²) in [6.07, 6.45) is 0. The molecule has 6 heteroatoms. The van der Waals surface area contributed by atoms with E-state index in [9.17, 15) is 0 Å². The van der Waals surface area contributed by atoms with Gasteiger partial charge in [0, 0.05) is 24.3 Å². The quantitative estimate of drug-likeness (QED) is 0.878.